The van der Waals surface area contributed by atoms with Crippen LogP contribution in [0.5, 0.6) is 5.75 Å². The molecule has 30 heavy (non-hydrogen) atoms. The first-order chi connectivity index (χ1) is 14.2. The molecule has 7 heteroatoms. The summed E-state index contributed by atoms with van der Waals surface area (Å²) in [5.41, 5.74) is 0.760. The molecule has 0 amide bonds. The maximum Gasteiger partial charge on any atom is 0.191 e. The van der Waals surface area contributed by atoms with E-state index >= 15 is 0 Å². The number of ether oxygens (including phenoxy) is 1. The number of guanidine groups is 1. The first-order valence-corrected chi connectivity index (χ1v) is 11.9. The lowest BCUT2D eigenvalue weighted by molar-refractivity contribution is 0.0694. The van der Waals surface area contributed by atoms with E-state index in [1.54, 1.807) is 31.3 Å². The second-order valence-corrected chi connectivity index (χ2v) is 10.3. The molecule has 0 fully saturated rings. The summed E-state index contributed by atoms with van der Waals surface area (Å²) in [5, 5.41) is 6.78. The van der Waals surface area contributed by atoms with E-state index in [1.807, 2.05) is 37.3 Å². The van der Waals surface area contributed by atoms with E-state index in [-0.39, 0.29) is 23.4 Å². The first kappa shape index (κ1) is 22.2. The summed E-state index contributed by atoms with van der Waals surface area (Å²) in [6.45, 7) is 6.10. The van der Waals surface area contributed by atoms with Crippen molar-refractivity contribution in [2.45, 2.75) is 56.2 Å². The van der Waals surface area contributed by atoms with Crippen LogP contribution in [0.4, 0.5) is 0 Å². The third-order valence-electron chi connectivity index (χ3n) is 5.27. The minimum atomic E-state index is -3.39. The second-order valence-electron chi connectivity index (χ2n) is 8.22. The van der Waals surface area contributed by atoms with Crippen LogP contribution in [0, 0.1) is 0 Å². The van der Waals surface area contributed by atoms with E-state index in [4.69, 9.17) is 4.74 Å². The van der Waals surface area contributed by atoms with Crippen LogP contribution in [-0.4, -0.2) is 38.8 Å². The summed E-state index contributed by atoms with van der Waals surface area (Å²) in [6.07, 6.45) is 1.42. The van der Waals surface area contributed by atoms with Crippen LogP contribution >= 0.6 is 0 Å². The molecule has 2 N–H and O–H groups in total. The highest BCUT2D eigenvalue weighted by molar-refractivity contribution is 7.91. The van der Waals surface area contributed by atoms with E-state index in [9.17, 15) is 8.42 Å². The first-order valence-electron chi connectivity index (χ1n) is 10.3. The number of benzene rings is 2. The Kier molecular flexibility index (Phi) is 6.71. The average Bonchev–Trinajstić information content (AvgIpc) is 2.72. The molecule has 1 aliphatic heterocycles. The van der Waals surface area contributed by atoms with Gasteiger partial charge in [-0.1, -0.05) is 43.3 Å². The molecule has 2 aromatic carbocycles. The highest BCUT2D eigenvalue weighted by Crippen LogP contribution is 2.39. The predicted octanol–water partition coefficient (Wildman–Crippen LogP) is 3.71. The van der Waals surface area contributed by atoms with E-state index in [0.717, 1.165) is 17.7 Å². The Hall–Kier alpha value is -2.54. The molecule has 6 nitrogen and oxygen atoms in total. The van der Waals surface area contributed by atoms with Gasteiger partial charge in [-0.05, 0) is 38.5 Å². The fraction of sp³-hybridized carbons (Fsp3) is 0.435. The molecular weight excluding hydrogens is 398 g/mol. The Balaban J connectivity index is 1.73. The Morgan fingerprint density at radius 3 is 2.50 bits per heavy atom. The fourth-order valence-electron chi connectivity index (χ4n) is 3.71. The molecule has 0 saturated heterocycles. The number of aliphatic imine (C=N–C) groups is 1. The minimum Gasteiger partial charge on any atom is -0.487 e. The van der Waals surface area contributed by atoms with Crippen molar-refractivity contribution < 1.29 is 13.2 Å². The summed E-state index contributed by atoms with van der Waals surface area (Å²) in [5.74, 6) is 1.45. The minimum absolute atomic E-state index is 0.00404. The summed E-state index contributed by atoms with van der Waals surface area (Å²) in [4.78, 5) is 4.69. The van der Waals surface area contributed by atoms with Gasteiger partial charge in [-0.25, -0.2) is 8.42 Å². The van der Waals surface area contributed by atoms with Crippen molar-refractivity contribution in [3.8, 4) is 5.75 Å². The number of fused-ring (bicyclic) bond motifs is 1. The normalized spacial score (nSPS) is 19.3. The maximum absolute atomic E-state index is 12.8. The quantitative estimate of drug-likeness (QED) is 0.541. The van der Waals surface area contributed by atoms with Crippen molar-refractivity contribution in [3.05, 3.63) is 60.2 Å². The van der Waals surface area contributed by atoms with Gasteiger partial charge in [0.1, 0.15) is 11.4 Å². The number of nitrogens with zero attached hydrogens (tertiary/aromatic N) is 1. The van der Waals surface area contributed by atoms with Gasteiger partial charge in [0, 0.05) is 25.1 Å². The van der Waals surface area contributed by atoms with Gasteiger partial charge in [-0.3, -0.25) is 4.99 Å². The number of para-hydroxylation sites is 1. The zero-order valence-electron chi connectivity index (χ0n) is 18.1. The highest BCUT2D eigenvalue weighted by atomic mass is 32.2. The van der Waals surface area contributed by atoms with Crippen molar-refractivity contribution in [1.29, 1.82) is 0 Å². The molecule has 0 bridgehead atoms. The second kappa shape index (κ2) is 9.08. The van der Waals surface area contributed by atoms with Gasteiger partial charge in [-0.2, -0.15) is 0 Å². The number of nitrogens with one attached hydrogen (secondary N) is 2. The number of rotatable bonds is 6. The van der Waals surface area contributed by atoms with Crippen LogP contribution in [0.3, 0.4) is 0 Å². The van der Waals surface area contributed by atoms with Crippen molar-refractivity contribution in [1.82, 2.24) is 10.6 Å². The predicted molar refractivity (Wildman–Crippen MR) is 121 cm³/mol. The molecule has 2 atom stereocenters. The lowest BCUT2D eigenvalue weighted by Gasteiger charge is -2.38. The van der Waals surface area contributed by atoms with Gasteiger partial charge in [-0.15, -0.1) is 0 Å². The summed E-state index contributed by atoms with van der Waals surface area (Å²) in [6, 6.07) is 16.3. The van der Waals surface area contributed by atoms with Crippen molar-refractivity contribution in [3.63, 3.8) is 0 Å². The molecule has 1 aliphatic rings. The molecule has 3 rings (SSSR count). The maximum atomic E-state index is 12.8. The van der Waals surface area contributed by atoms with Crippen molar-refractivity contribution >= 4 is 15.8 Å². The fourth-order valence-corrected chi connectivity index (χ4v) is 5.32. The van der Waals surface area contributed by atoms with Gasteiger partial charge in [0.25, 0.3) is 0 Å². The lowest BCUT2D eigenvalue weighted by Crippen LogP contribution is -2.49. The monoisotopic (exact) mass is 429 g/mol. The molecule has 162 valence electrons. The molecule has 0 aliphatic carbocycles. The zero-order chi connectivity index (χ0) is 21.8. The van der Waals surface area contributed by atoms with Gasteiger partial charge in [0.2, 0.25) is 0 Å². The average molecular weight is 430 g/mol. The number of sulfone groups is 1. The molecule has 0 spiro atoms. The molecule has 0 saturated carbocycles. The largest absolute Gasteiger partial charge is 0.487 e. The van der Waals surface area contributed by atoms with Gasteiger partial charge >= 0.3 is 0 Å². The van der Waals surface area contributed by atoms with Crippen molar-refractivity contribution in [2.24, 2.45) is 4.99 Å². The number of hydrogen-bond donors (Lipinski definition) is 2. The summed E-state index contributed by atoms with van der Waals surface area (Å²) < 4.78 is 31.7. The van der Waals surface area contributed by atoms with Gasteiger partial charge in [0.15, 0.2) is 15.8 Å². The van der Waals surface area contributed by atoms with Crippen LogP contribution in [0.1, 0.15) is 45.2 Å². The van der Waals surface area contributed by atoms with Crippen LogP contribution < -0.4 is 15.4 Å². The Morgan fingerprint density at radius 1 is 1.17 bits per heavy atom. The van der Waals surface area contributed by atoms with Gasteiger partial charge < -0.3 is 15.4 Å². The molecule has 2 unspecified atom stereocenters. The molecular formula is C23H31N3O3S. The van der Waals surface area contributed by atoms with Crippen LogP contribution in [0.15, 0.2) is 64.5 Å². The van der Waals surface area contributed by atoms with Crippen LogP contribution in [0.2, 0.25) is 0 Å². The zero-order valence-corrected chi connectivity index (χ0v) is 18.9. The van der Waals surface area contributed by atoms with E-state index in [2.05, 4.69) is 29.5 Å². The number of hydrogen-bond acceptors (Lipinski definition) is 4. The van der Waals surface area contributed by atoms with E-state index in [1.165, 1.54) is 0 Å². The van der Waals surface area contributed by atoms with Crippen molar-refractivity contribution in [2.75, 3.05) is 12.8 Å². The highest BCUT2D eigenvalue weighted by Gasteiger charge is 2.34. The van der Waals surface area contributed by atoms with Crippen LogP contribution in [0.25, 0.3) is 0 Å². The Morgan fingerprint density at radius 2 is 1.83 bits per heavy atom. The van der Waals surface area contributed by atoms with E-state index < -0.39 is 9.84 Å². The van der Waals surface area contributed by atoms with Crippen LogP contribution in [-0.2, 0) is 9.84 Å². The third-order valence-corrected chi connectivity index (χ3v) is 7.10. The molecule has 2 aromatic rings. The topological polar surface area (TPSA) is 79.8 Å². The molecule has 0 aromatic heterocycles. The molecule has 1 heterocycles. The third kappa shape index (κ3) is 5.33. The Labute approximate surface area is 179 Å². The lowest BCUT2D eigenvalue weighted by atomic mass is 9.90. The molecule has 0 radical (unpaired) electrons. The smallest absolute Gasteiger partial charge is 0.191 e. The Bertz CT molecular complexity index is 988. The standard InChI is InChI=1S/C23H31N3O3S/c1-5-17(16-30(27,28)18-11-7-6-8-12-18)25-22(24-4)26-20-15-23(2,3)29-21-14-10-9-13-19(20)21/h6-14,17,20H,5,15-16H2,1-4H3,(H2,24,25,26). The van der Waals surface area contributed by atoms with Gasteiger partial charge in [0.05, 0.1) is 16.7 Å². The summed E-state index contributed by atoms with van der Waals surface area (Å²) in [7, 11) is -1.69. The SMILES string of the molecule is CCC(CS(=O)(=O)c1ccccc1)NC(=NC)NC1CC(C)(C)Oc2ccccc21. The van der Waals surface area contributed by atoms with E-state index in [0.29, 0.717) is 17.3 Å². The summed E-state index contributed by atoms with van der Waals surface area (Å²) >= 11 is 0.